The van der Waals surface area contributed by atoms with Crippen molar-refractivity contribution >= 4 is 44.3 Å². The van der Waals surface area contributed by atoms with Crippen molar-refractivity contribution in [2.24, 2.45) is 0 Å². The van der Waals surface area contributed by atoms with Gasteiger partial charge in [-0.05, 0) is 49.0 Å². The summed E-state index contributed by atoms with van der Waals surface area (Å²) in [7, 11) is 2.16. The number of hydrogen-bond acceptors (Lipinski definition) is 4. The van der Waals surface area contributed by atoms with Crippen molar-refractivity contribution in [1.29, 1.82) is 0 Å². The summed E-state index contributed by atoms with van der Waals surface area (Å²) in [5.41, 5.74) is 0.912. The number of anilines is 1. The first kappa shape index (κ1) is 15.0. The van der Waals surface area contributed by atoms with Crippen LogP contribution in [0.2, 0.25) is 5.02 Å². The number of nitrogens with zero attached hydrogens (tertiary/aromatic N) is 4. The first-order valence-corrected chi connectivity index (χ1v) is 8.21. The molecule has 112 valence electrons. The SMILES string of the molecule is C[C@H]1CN(C)C[C@H](C)N1c1ncnc2cc(Br)c(Cl)cc12. The molecule has 21 heavy (non-hydrogen) atoms. The van der Waals surface area contributed by atoms with Crippen molar-refractivity contribution in [3.63, 3.8) is 0 Å². The predicted octanol–water partition coefficient (Wildman–Crippen LogP) is 3.57. The zero-order chi connectivity index (χ0) is 15.1. The van der Waals surface area contributed by atoms with E-state index in [4.69, 9.17) is 11.6 Å². The molecule has 1 fully saturated rings. The number of aromatic nitrogens is 2. The molecule has 1 aromatic carbocycles. The molecule has 0 amide bonds. The van der Waals surface area contributed by atoms with Gasteiger partial charge in [-0.3, -0.25) is 0 Å². The van der Waals surface area contributed by atoms with E-state index in [9.17, 15) is 0 Å². The molecule has 1 aliphatic heterocycles. The molecule has 4 nitrogen and oxygen atoms in total. The summed E-state index contributed by atoms with van der Waals surface area (Å²) in [6.07, 6.45) is 1.63. The minimum atomic E-state index is 0.402. The van der Waals surface area contributed by atoms with E-state index in [1.165, 1.54) is 0 Å². The third-order valence-electron chi connectivity index (χ3n) is 4.00. The molecule has 6 heteroatoms. The Bertz CT molecular complexity index is 666. The molecular weight excluding hydrogens is 352 g/mol. The maximum absolute atomic E-state index is 6.27. The lowest BCUT2D eigenvalue weighted by atomic mass is 10.1. The summed E-state index contributed by atoms with van der Waals surface area (Å²) in [6.45, 7) is 6.53. The van der Waals surface area contributed by atoms with Gasteiger partial charge in [-0.25, -0.2) is 9.97 Å². The van der Waals surface area contributed by atoms with Crippen molar-refractivity contribution in [3.8, 4) is 0 Å². The van der Waals surface area contributed by atoms with E-state index in [1.54, 1.807) is 6.33 Å². The lowest BCUT2D eigenvalue weighted by Crippen LogP contribution is -2.56. The molecular formula is C15H18BrClN4. The molecule has 0 aliphatic carbocycles. The van der Waals surface area contributed by atoms with E-state index in [0.29, 0.717) is 17.1 Å². The van der Waals surface area contributed by atoms with Gasteiger partial charge in [0.1, 0.15) is 12.1 Å². The van der Waals surface area contributed by atoms with Crippen molar-refractivity contribution in [2.75, 3.05) is 25.0 Å². The summed E-state index contributed by atoms with van der Waals surface area (Å²) in [4.78, 5) is 13.7. The summed E-state index contributed by atoms with van der Waals surface area (Å²) in [5.74, 6) is 0.975. The lowest BCUT2D eigenvalue weighted by Gasteiger charge is -2.44. The van der Waals surface area contributed by atoms with Crippen LogP contribution in [-0.4, -0.2) is 47.1 Å². The van der Waals surface area contributed by atoms with Crippen molar-refractivity contribution in [2.45, 2.75) is 25.9 Å². The Labute approximate surface area is 138 Å². The number of likely N-dealkylation sites (N-methyl/N-ethyl adjacent to an activating group) is 1. The van der Waals surface area contributed by atoms with E-state index in [0.717, 1.165) is 34.3 Å². The van der Waals surface area contributed by atoms with Crippen molar-refractivity contribution in [1.82, 2.24) is 14.9 Å². The first-order valence-electron chi connectivity index (χ1n) is 7.04. The second kappa shape index (κ2) is 5.71. The van der Waals surface area contributed by atoms with Crippen LogP contribution in [0.25, 0.3) is 10.9 Å². The third kappa shape index (κ3) is 2.74. The van der Waals surface area contributed by atoms with Gasteiger partial charge < -0.3 is 9.80 Å². The van der Waals surface area contributed by atoms with Gasteiger partial charge >= 0.3 is 0 Å². The lowest BCUT2D eigenvalue weighted by molar-refractivity contribution is 0.239. The smallest absolute Gasteiger partial charge is 0.140 e. The van der Waals surface area contributed by atoms with E-state index in [1.807, 2.05) is 12.1 Å². The quantitative estimate of drug-likeness (QED) is 0.769. The Kier molecular flexibility index (Phi) is 4.08. The van der Waals surface area contributed by atoms with Crippen LogP contribution in [0.15, 0.2) is 22.9 Å². The minimum Gasteiger partial charge on any atom is -0.348 e. The fourth-order valence-electron chi connectivity index (χ4n) is 3.25. The van der Waals surface area contributed by atoms with Gasteiger partial charge in [-0.15, -0.1) is 0 Å². The molecule has 0 unspecified atom stereocenters. The van der Waals surface area contributed by atoms with Crippen molar-refractivity contribution < 1.29 is 0 Å². The number of piperazine rings is 1. The molecule has 3 rings (SSSR count). The monoisotopic (exact) mass is 368 g/mol. The Morgan fingerprint density at radius 2 is 1.86 bits per heavy atom. The van der Waals surface area contributed by atoms with Gasteiger partial charge in [-0.1, -0.05) is 11.6 Å². The molecule has 0 saturated carbocycles. The fraction of sp³-hybridized carbons (Fsp3) is 0.467. The highest BCUT2D eigenvalue weighted by Crippen LogP contribution is 2.33. The van der Waals surface area contributed by atoms with Crippen molar-refractivity contribution in [3.05, 3.63) is 28.0 Å². The van der Waals surface area contributed by atoms with Gasteiger partial charge in [-0.2, -0.15) is 0 Å². The maximum atomic E-state index is 6.27. The van der Waals surface area contributed by atoms with Gasteiger partial charge in [0.15, 0.2) is 0 Å². The standard InChI is InChI=1S/C15H18BrClN4/c1-9-6-20(3)7-10(2)21(9)15-11-4-13(17)12(16)5-14(11)18-8-19-15/h4-5,8-10H,6-7H2,1-3H3/t9-,10-/m0/s1. The van der Waals surface area contributed by atoms with Crippen LogP contribution >= 0.6 is 27.5 Å². The number of fused-ring (bicyclic) bond motifs is 1. The summed E-state index contributed by atoms with van der Waals surface area (Å²) < 4.78 is 0.862. The van der Waals surface area contributed by atoms with E-state index >= 15 is 0 Å². The highest BCUT2D eigenvalue weighted by Gasteiger charge is 2.29. The van der Waals surface area contributed by atoms with E-state index < -0.39 is 0 Å². The highest BCUT2D eigenvalue weighted by molar-refractivity contribution is 9.10. The third-order valence-corrected chi connectivity index (χ3v) is 5.20. The Balaban J connectivity index is 2.13. The van der Waals surface area contributed by atoms with E-state index in [2.05, 4.69) is 56.6 Å². The average Bonchev–Trinajstić information content (AvgIpc) is 2.39. The predicted molar refractivity (Wildman–Crippen MR) is 91.1 cm³/mol. The number of rotatable bonds is 1. The largest absolute Gasteiger partial charge is 0.348 e. The molecule has 1 aliphatic rings. The fourth-order valence-corrected chi connectivity index (χ4v) is 3.74. The van der Waals surface area contributed by atoms with Gasteiger partial charge in [0.25, 0.3) is 0 Å². The van der Waals surface area contributed by atoms with Gasteiger partial charge in [0.05, 0.1) is 10.5 Å². The van der Waals surface area contributed by atoms with Crippen LogP contribution in [0.5, 0.6) is 0 Å². The molecule has 0 radical (unpaired) electrons. The number of halogens is 2. The summed E-state index contributed by atoms with van der Waals surface area (Å²) in [6, 6.07) is 4.71. The van der Waals surface area contributed by atoms with Crippen LogP contribution in [-0.2, 0) is 0 Å². The highest BCUT2D eigenvalue weighted by atomic mass is 79.9. The first-order chi connectivity index (χ1) is 9.97. The number of benzene rings is 1. The molecule has 2 atom stereocenters. The topological polar surface area (TPSA) is 32.3 Å². The van der Waals surface area contributed by atoms with Crippen LogP contribution in [0.4, 0.5) is 5.82 Å². The van der Waals surface area contributed by atoms with Gasteiger partial charge in [0, 0.05) is 35.0 Å². The zero-order valence-electron chi connectivity index (χ0n) is 12.3. The van der Waals surface area contributed by atoms with E-state index in [-0.39, 0.29) is 0 Å². The van der Waals surface area contributed by atoms with Crippen LogP contribution < -0.4 is 4.90 Å². The normalized spacial score (nSPS) is 23.8. The number of hydrogen-bond donors (Lipinski definition) is 0. The summed E-state index contributed by atoms with van der Waals surface area (Å²) >= 11 is 9.72. The molecule has 2 heterocycles. The van der Waals surface area contributed by atoms with Crippen LogP contribution in [0.1, 0.15) is 13.8 Å². The van der Waals surface area contributed by atoms with Crippen LogP contribution in [0, 0.1) is 0 Å². The molecule has 1 saturated heterocycles. The average molecular weight is 370 g/mol. The Morgan fingerprint density at radius 3 is 2.52 bits per heavy atom. The summed E-state index contributed by atoms with van der Waals surface area (Å²) in [5, 5.41) is 1.70. The second-order valence-electron chi connectivity index (χ2n) is 5.81. The molecule has 0 bridgehead atoms. The minimum absolute atomic E-state index is 0.402. The zero-order valence-corrected chi connectivity index (χ0v) is 14.7. The van der Waals surface area contributed by atoms with Crippen LogP contribution in [0.3, 0.4) is 0 Å². The van der Waals surface area contributed by atoms with Gasteiger partial charge in [0.2, 0.25) is 0 Å². The Hall–Kier alpha value is -0.910. The molecule has 0 N–H and O–H groups in total. The molecule has 1 aromatic heterocycles. The second-order valence-corrected chi connectivity index (χ2v) is 7.07. The maximum Gasteiger partial charge on any atom is 0.140 e. The Morgan fingerprint density at radius 1 is 1.19 bits per heavy atom. The molecule has 0 spiro atoms. The molecule has 2 aromatic rings.